The summed E-state index contributed by atoms with van der Waals surface area (Å²) in [5, 5.41) is -1.94. The zero-order chi connectivity index (χ0) is 8.48. The lowest BCUT2D eigenvalue weighted by Crippen LogP contribution is -2.41. The topological polar surface area (TPSA) is 9.23 Å². The summed E-state index contributed by atoms with van der Waals surface area (Å²) in [6.45, 7) is 0. The summed E-state index contributed by atoms with van der Waals surface area (Å²) in [6, 6.07) is 0. The van der Waals surface area contributed by atoms with Gasteiger partial charge >= 0.3 is 0 Å². The summed E-state index contributed by atoms with van der Waals surface area (Å²) in [4.78, 5) is 0. The van der Waals surface area contributed by atoms with Crippen LogP contribution in [-0.2, 0) is 4.74 Å². The first kappa shape index (κ1) is 9.30. The molecule has 0 bridgehead atoms. The van der Waals surface area contributed by atoms with Crippen molar-refractivity contribution in [3.63, 3.8) is 0 Å². The van der Waals surface area contributed by atoms with Crippen LogP contribution < -0.4 is 0 Å². The molecular formula is C7H9Cl2FO. The Kier molecular flexibility index (Phi) is 2.79. The Morgan fingerprint density at radius 2 is 2.36 bits per heavy atom. The van der Waals surface area contributed by atoms with Crippen molar-refractivity contribution in [1.82, 2.24) is 0 Å². The van der Waals surface area contributed by atoms with Gasteiger partial charge in [0.25, 0.3) is 0 Å². The molecular weight excluding hydrogens is 190 g/mol. The number of rotatable bonds is 1. The largest absolute Gasteiger partial charge is 0.356 e. The van der Waals surface area contributed by atoms with Gasteiger partial charge in [0.2, 0.25) is 0 Å². The predicted octanol–water partition coefficient (Wildman–Crippen LogP) is 2.47. The Morgan fingerprint density at radius 1 is 1.73 bits per heavy atom. The molecule has 0 saturated heterocycles. The number of ether oxygens (including phenoxy) is 1. The van der Waals surface area contributed by atoms with E-state index < -0.39 is 16.6 Å². The maximum absolute atomic E-state index is 13.2. The number of methoxy groups -OCH3 is 1. The highest BCUT2D eigenvalue weighted by atomic mass is 35.5. The fourth-order valence-corrected chi connectivity index (χ4v) is 1.59. The second kappa shape index (κ2) is 3.30. The van der Waals surface area contributed by atoms with Crippen LogP contribution in [0.1, 0.15) is 6.42 Å². The molecule has 0 aliphatic heterocycles. The smallest absolute Gasteiger partial charge is 0.192 e. The van der Waals surface area contributed by atoms with Crippen LogP contribution in [0.4, 0.5) is 4.39 Å². The van der Waals surface area contributed by atoms with E-state index in [1.165, 1.54) is 13.2 Å². The third-order valence-corrected chi connectivity index (χ3v) is 2.60. The van der Waals surface area contributed by atoms with E-state index in [9.17, 15) is 4.39 Å². The first-order valence-electron chi connectivity index (χ1n) is 3.30. The first-order valence-corrected chi connectivity index (χ1v) is 4.11. The summed E-state index contributed by atoms with van der Waals surface area (Å²) >= 11 is 11.4. The number of hydrogen-bond donors (Lipinski definition) is 0. The highest BCUT2D eigenvalue weighted by molar-refractivity contribution is 6.27. The zero-order valence-electron chi connectivity index (χ0n) is 6.06. The van der Waals surface area contributed by atoms with Crippen molar-refractivity contribution in [2.24, 2.45) is 0 Å². The molecule has 64 valence electrons. The van der Waals surface area contributed by atoms with Gasteiger partial charge in [-0.05, 0) is 12.5 Å². The van der Waals surface area contributed by atoms with Crippen LogP contribution in [0.25, 0.3) is 0 Å². The lowest BCUT2D eigenvalue weighted by atomic mass is 10.0. The third-order valence-electron chi connectivity index (χ3n) is 1.71. The molecule has 0 N–H and O–H groups in total. The molecule has 4 heteroatoms. The van der Waals surface area contributed by atoms with Crippen molar-refractivity contribution in [3.8, 4) is 0 Å². The van der Waals surface area contributed by atoms with Crippen LogP contribution in [0.3, 0.4) is 0 Å². The van der Waals surface area contributed by atoms with Gasteiger partial charge in [-0.3, -0.25) is 0 Å². The monoisotopic (exact) mass is 198 g/mol. The highest BCUT2D eigenvalue weighted by Crippen LogP contribution is 2.34. The lowest BCUT2D eigenvalue weighted by Gasteiger charge is -2.31. The van der Waals surface area contributed by atoms with E-state index in [4.69, 9.17) is 27.9 Å². The molecule has 3 atom stereocenters. The fraction of sp³-hybridized carbons (Fsp3) is 0.714. The average molecular weight is 199 g/mol. The van der Waals surface area contributed by atoms with Gasteiger partial charge in [-0.25, -0.2) is 4.39 Å². The summed E-state index contributed by atoms with van der Waals surface area (Å²) in [5.74, 6) is 0. The van der Waals surface area contributed by atoms with E-state index in [0.29, 0.717) is 6.42 Å². The highest BCUT2D eigenvalue weighted by Gasteiger charge is 2.41. The minimum Gasteiger partial charge on any atom is -0.356 e. The SMILES string of the molecule is COC1(Cl)C=CCC(Cl)C1F. The molecule has 1 aliphatic carbocycles. The van der Waals surface area contributed by atoms with E-state index in [1.807, 2.05) is 0 Å². The maximum Gasteiger partial charge on any atom is 0.192 e. The van der Waals surface area contributed by atoms with Crippen LogP contribution in [0.2, 0.25) is 0 Å². The van der Waals surface area contributed by atoms with Gasteiger partial charge in [0.1, 0.15) is 0 Å². The Morgan fingerprint density at radius 3 is 2.82 bits per heavy atom. The van der Waals surface area contributed by atoms with E-state index in [1.54, 1.807) is 6.08 Å². The van der Waals surface area contributed by atoms with Crippen molar-refractivity contribution >= 4 is 23.2 Å². The van der Waals surface area contributed by atoms with Crippen LogP contribution in [0.5, 0.6) is 0 Å². The maximum atomic E-state index is 13.2. The van der Waals surface area contributed by atoms with Crippen molar-refractivity contribution in [2.45, 2.75) is 23.0 Å². The zero-order valence-corrected chi connectivity index (χ0v) is 7.57. The predicted molar refractivity (Wildman–Crippen MR) is 43.9 cm³/mol. The molecule has 1 nitrogen and oxygen atoms in total. The number of allylic oxidation sites excluding steroid dienone is 1. The van der Waals surface area contributed by atoms with E-state index in [0.717, 1.165) is 0 Å². The van der Waals surface area contributed by atoms with E-state index >= 15 is 0 Å². The molecule has 0 fully saturated rings. The first-order chi connectivity index (χ1) is 5.10. The fourth-order valence-electron chi connectivity index (χ4n) is 0.997. The minimum absolute atomic E-state index is 0.501. The third kappa shape index (κ3) is 1.68. The molecule has 1 aliphatic rings. The molecule has 0 aromatic heterocycles. The second-order valence-corrected chi connectivity index (χ2v) is 3.61. The molecule has 0 amide bonds. The van der Waals surface area contributed by atoms with Gasteiger partial charge in [-0.2, -0.15) is 0 Å². The van der Waals surface area contributed by atoms with Crippen LogP contribution in [0.15, 0.2) is 12.2 Å². The van der Waals surface area contributed by atoms with E-state index in [-0.39, 0.29) is 0 Å². The summed E-state index contributed by atoms with van der Waals surface area (Å²) in [7, 11) is 1.36. The Labute approximate surface area is 75.1 Å². The Balaban J connectivity index is 2.79. The molecule has 3 unspecified atom stereocenters. The number of hydrogen-bond acceptors (Lipinski definition) is 1. The molecule has 0 heterocycles. The summed E-state index contributed by atoms with van der Waals surface area (Å²) < 4.78 is 18.0. The van der Waals surface area contributed by atoms with E-state index in [2.05, 4.69) is 0 Å². The van der Waals surface area contributed by atoms with Crippen LogP contribution >= 0.6 is 23.2 Å². The van der Waals surface area contributed by atoms with Crippen molar-refractivity contribution in [3.05, 3.63) is 12.2 Å². The Hall–Kier alpha value is 0.210. The molecule has 0 aromatic carbocycles. The van der Waals surface area contributed by atoms with Crippen LogP contribution in [-0.4, -0.2) is 23.7 Å². The van der Waals surface area contributed by atoms with Crippen molar-refractivity contribution < 1.29 is 9.13 Å². The second-order valence-electron chi connectivity index (χ2n) is 2.46. The molecule has 0 aromatic rings. The quantitative estimate of drug-likeness (QED) is 0.465. The normalized spacial score (nSPS) is 44.4. The van der Waals surface area contributed by atoms with Gasteiger partial charge in [0.15, 0.2) is 11.2 Å². The average Bonchev–Trinajstić information content (AvgIpc) is 2.00. The standard InChI is InChI=1S/C7H9Cl2FO/c1-11-7(9)4-2-3-5(8)6(7)10/h2,4-6H,3H2,1H3. The van der Waals surface area contributed by atoms with Gasteiger partial charge in [0.05, 0.1) is 5.38 Å². The Bertz CT molecular complexity index is 174. The number of halogens is 3. The number of alkyl halides is 3. The molecule has 0 spiro atoms. The summed E-state index contributed by atoms with van der Waals surface area (Å²) in [6.07, 6.45) is 2.38. The van der Waals surface area contributed by atoms with Gasteiger partial charge in [0, 0.05) is 7.11 Å². The minimum atomic E-state index is -1.36. The molecule has 0 saturated carbocycles. The van der Waals surface area contributed by atoms with Gasteiger partial charge < -0.3 is 4.74 Å². The van der Waals surface area contributed by atoms with Crippen molar-refractivity contribution in [2.75, 3.05) is 7.11 Å². The molecule has 1 rings (SSSR count). The lowest BCUT2D eigenvalue weighted by molar-refractivity contribution is 0.0262. The van der Waals surface area contributed by atoms with Crippen molar-refractivity contribution in [1.29, 1.82) is 0 Å². The molecule has 0 radical (unpaired) electrons. The van der Waals surface area contributed by atoms with Crippen LogP contribution in [0, 0.1) is 0 Å². The van der Waals surface area contributed by atoms with Gasteiger partial charge in [-0.15, -0.1) is 11.6 Å². The van der Waals surface area contributed by atoms with Gasteiger partial charge in [-0.1, -0.05) is 17.7 Å². The summed E-state index contributed by atoms with van der Waals surface area (Å²) in [5.41, 5.74) is 0. The molecule has 11 heavy (non-hydrogen) atoms.